The molecule has 3 atom stereocenters. The van der Waals surface area contributed by atoms with Gasteiger partial charge in [0.25, 0.3) is 0 Å². The second kappa shape index (κ2) is 6.01. The molecular formula is C17H22O. The van der Waals surface area contributed by atoms with Gasteiger partial charge in [-0.15, -0.1) is 0 Å². The molecule has 0 aromatic heterocycles. The maximum atomic E-state index is 5.94. The van der Waals surface area contributed by atoms with E-state index in [-0.39, 0.29) is 6.10 Å². The molecule has 0 radical (unpaired) electrons. The second-order valence-electron chi connectivity index (χ2n) is 5.36. The van der Waals surface area contributed by atoms with E-state index in [4.69, 9.17) is 4.74 Å². The Morgan fingerprint density at radius 2 is 2.06 bits per heavy atom. The van der Waals surface area contributed by atoms with Gasteiger partial charge in [0.05, 0.1) is 6.10 Å². The molecule has 1 nitrogen and oxygen atoms in total. The Morgan fingerprint density at radius 1 is 1.33 bits per heavy atom. The first-order valence-corrected chi connectivity index (χ1v) is 6.67. The van der Waals surface area contributed by atoms with Crippen molar-refractivity contribution >= 4 is 6.08 Å². The average Bonchev–Trinajstić information content (AvgIpc) is 2.38. The van der Waals surface area contributed by atoms with Gasteiger partial charge in [0.15, 0.2) is 0 Å². The van der Waals surface area contributed by atoms with Gasteiger partial charge in [-0.25, -0.2) is 0 Å². The second-order valence-corrected chi connectivity index (χ2v) is 5.36. The van der Waals surface area contributed by atoms with E-state index in [0.29, 0.717) is 11.8 Å². The van der Waals surface area contributed by atoms with Crippen LogP contribution < -0.4 is 0 Å². The standard InChI is InChI=1S/C17H22O/c1-13(2)16-11-14(3)12-18-17(16)10-9-15-7-5-4-6-8-15/h4-10,14,16-17H,1,11-12H2,2-3H3/b10-9+/t14-,16-,17-/m0/s1. The van der Waals surface area contributed by atoms with E-state index in [1.54, 1.807) is 0 Å². The fraction of sp³-hybridized carbons (Fsp3) is 0.412. The first-order chi connectivity index (χ1) is 8.66. The van der Waals surface area contributed by atoms with Crippen molar-refractivity contribution in [2.24, 2.45) is 11.8 Å². The lowest BCUT2D eigenvalue weighted by atomic mass is 9.84. The Hall–Kier alpha value is -1.34. The van der Waals surface area contributed by atoms with Crippen LogP contribution in [0.5, 0.6) is 0 Å². The third kappa shape index (κ3) is 3.33. The largest absolute Gasteiger partial charge is 0.373 e. The Labute approximate surface area is 110 Å². The van der Waals surface area contributed by atoms with E-state index >= 15 is 0 Å². The molecule has 1 aromatic carbocycles. The van der Waals surface area contributed by atoms with Gasteiger partial charge in [-0.3, -0.25) is 0 Å². The van der Waals surface area contributed by atoms with Crippen molar-refractivity contribution in [3.05, 3.63) is 54.1 Å². The highest BCUT2D eigenvalue weighted by Gasteiger charge is 2.27. The summed E-state index contributed by atoms with van der Waals surface area (Å²) in [4.78, 5) is 0. The van der Waals surface area contributed by atoms with Crippen LogP contribution in [-0.4, -0.2) is 12.7 Å². The van der Waals surface area contributed by atoms with Crippen molar-refractivity contribution in [2.75, 3.05) is 6.61 Å². The van der Waals surface area contributed by atoms with Crippen molar-refractivity contribution in [1.82, 2.24) is 0 Å². The smallest absolute Gasteiger partial charge is 0.0824 e. The predicted octanol–water partition coefficient (Wildman–Crippen LogP) is 4.32. The van der Waals surface area contributed by atoms with Crippen LogP contribution in [0.2, 0.25) is 0 Å². The quantitative estimate of drug-likeness (QED) is 0.717. The van der Waals surface area contributed by atoms with Crippen LogP contribution in [0.1, 0.15) is 25.8 Å². The van der Waals surface area contributed by atoms with Crippen LogP contribution in [0.15, 0.2) is 48.6 Å². The summed E-state index contributed by atoms with van der Waals surface area (Å²) < 4.78 is 5.94. The molecule has 96 valence electrons. The van der Waals surface area contributed by atoms with Gasteiger partial charge in [-0.1, -0.05) is 61.6 Å². The highest BCUT2D eigenvalue weighted by atomic mass is 16.5. The maximum absolute atomic E-state index is 5.94. The third-order valence-electron chi connectivity index (χ3n) is 3.54. The summed E-state index contributed by atoms with van der Waals surface area (Å²) in [5.74, 6) is 1.08. The van der Waals surface area contributed by atoms with Gasteiger partial charge in [0.2, 0.25) is 0 Å². The summed E-state index contributed by atoms with van der Waals surface area (Å²) in [6.07, 6.45) is 5.69. The fourth-order valence-electron chi connectivity index (χ4n) is 2.47. The van der Waals surface area contributed by atoms with Crippen LogP contribution in [0.25, 0.3) is 6.08 Å². The number of ether oxygens (including phenoxy) is 1. The predicted molar refractivity (Wildman–Crippen MR) is 77.3 cm³/mol. The molecule has 0 aliphatic carbocycles. The van der Waals surface area contributed by atoms with E-state index in [1.807, 2.05) is 6.07 Å². The molecule has 1 heteroatoms. The Bertz CT molecular complexity index is 418. The van der Waals surface area contributed by atoms with Gasteiger partial charge >= 0.3 is 0 Å². The van der Waals surface area contributed by atoms with Crippen molar-refractivity contribution in [3.63, 3.8) is 0 Å². The molecule has 0 N–H and O–H groups in total. The Morgan fingerprint density at radius 3 is 2.72 bits per heavy atom. The van der Waals surface area contributed by atoms with Crippen molar-refractivity contribution in [2.45, 2.75) is 26.4 Å². The molecule has 1 heterocycles. The minimum Gasteiger partial charge on any atom is -0.373 e. The normalized spacial score (nSPS) is 28.4. The maximum Gasteiger partial charge on any atom is 0.0824 e. The van der Waals surface area contributed by atoms with E-state index in [9.17, 15) is 0 Å². The van der Waals surface area contributed by atoms with E-state index in [0.717, 1.165) is 6.61 Å². The van der Waals surface area contributed by atoms with Crippen molar-refractivity contribution in [1.29, 1.82) is 0 Å². The molecule has 0 amide bonds. The van der Waals surface area contributed by atoms with Crippen molar-refractivity contribution in [3.8, 4) is 0 Å². The molecule has 1 aromatic rings. The minimum atomic E-state index is 0.180. The molecule has 0 saturated carbocycles. The molecule has 1 fully saturated rings. The molecule has 0 bridgehead atoms. The summed E-state index contributed by atoms with van der Waals surface area (Å²) in [5, 5.41) is 0. The summed E-state index contributed by atoms with van der Waals surface area (Å²) in [6, 6.07) is 10.4. The minimum absolute atomic E-state index is 0.180. The first kappa shape index (κ1) is 13.1. The summed E-state index contributed by atoms with van der Waals surface area (Å²) in [5.41, 5.74) is 2.45. The zero-order valence-electron chi connectivity index (χ0n) is 11.3. The molecule has 0 spiro atoms. The van der Waals surface area contributed by atoms with Crippen LogP contribution >= 0.6 is 0 Å². The number of hydrogen-bond donors (Lipinski definition) is 0. The number of rotatable bonds is 3. The van der Waals surface area contributed by atoms with E-state index < -0.39 is 0 Å². The lowest BCUT2D eigenvalue weighted by Crippen LogP contribution is -2.32. The topological polar surface area (TPSA) is 9.23 Å². The lowest BCUT2D eigenvalue weighted by molar-refractivity contribution is -0.0126. The van der Waals surface area contributed by atoms with Crippen molar-refractivity contribution < 1.29 is 4.74 Å². The molecule has 2 rings (SSSR count). The van der Waals surface area contributed by atoms with Crippen LogP contribution in [-0.2, 0) is 4.74 Å². The van der Waals surface area contributed by atoms with Crippen LogP contribution in [0.4, 0.5) is 0 Å². The van der Waals surface area contributed by atoms with Crippen LogP contribution in [0.3, 0.4) is 0 Å². The summed E-state index contributed by atoms with van der Waals surface area (Å²) >= 11 is 0. The number of benzene rings is 1. The summed E-state index contributed by atoms with van der Waals surface area (Å²) in [7, 11) is 0. The molecule has 18 heavy (non-hydrogen) atoms. The first-order valence-electron chi connectivity index (χ1n) is 6.67. The van der Waals surface area contributed by atoms with Gasteiger partial charge in [-0.2, -0.15) is 0 Å². The molecule has 1 saturated heterocycles. The average molecular weight is 242 g/mol. The zero-order chi connectivity index (χ0) is 13.0. The molecule has 1 aliphatic heterocycles. The van der Waals surface area contributed by atoms with Gasteiger partial charge in [-0.05, 0) is 24.8 Å². The van der Waals surface area contributed by atoms with Gasteiger partial charge < -0.3 is 4.74 Å². The molecule has 0 unspecified atom stereocenters. The molecular weight excluding hydrogens is 220 g/mol. The monoisotopic (exact) mass is 242 g/mol. The SMILES string of the molecule is C=C(C)[C@@H]1C[C@H](C)CO[C@H]1/C=C/c1ccccc1. The Balaban J connectivity index is 2.07. The Kier molecular flexibility index (Phi) is 4.38. The zero-order valence-corrected chi connectivity index (χ0v) is 11.3. The highest BCUT2D eigenvalue weighted by Crippen LogP contribution is 2.30. The third-order valence-corrected chi connectivity index (χ3v) is 3.54. The fourth-order valence-corrected chi connectivity index (χ4v) is 2.47. The number of hydrogen-bond acceptors (Lipinski definition) is 1. The van der Waals surface area contributed by atoms with Crippen LogP contribution in [0, 0.1) is 11.8 Å². The lowest BCUT2D eigenvalue weighted by Gasteiger charge is -2.33. The van der Waals surface area contributed by atoms with E-state index in [1.165, 1.54) is 17.6 Å². The van der Waals surface area contributed by atoms with Gasteiger partial charge in [0.1, 0.15) is 0 Å². The van der Waals surface area contributed by atoms with E-state index in [2.05, 4.69) is 56.8 Å². The highest BCUT2D eigenvalue weighted by molar-refractivity contribution is 5.49. The van der Waals surface area contributed by atoms with Gasteiger partial charge in [0, 0.05) is 12.5 Å². The molecule has 1 aliphatic rings. The summed E-state index contributed by atoms with van der Waals surface area (Å²) in [6.45, 7) is 9.31.